The minimum atomic E-state index is -0.849. The molecule has 0 amide bonds. The van der Waals surface area contributed by atoms with Crippen molar-refractivity contribution in [2.45, 2.75) is 69.5 Å². The minimum Gasteiger partial charge on any atom is -0.481 e. The molecule has 0 aliphatic heterocycles. The van der Waals surface area contributed by atoms with E-state index in [0.29, 0.717) is 5.75 Å². The first-order valence-corrected chi connectivity index (χ1v) is 12.3. The van der Waals surface area contributed by atoms with Crippen LogP contribution >= 0.6 is 11.8 Å². The second-order valence-corrected chi connectivity index (χ2v) is 9.22. The SMILES string of the molecule is O=C(O)CCS[C@H](CC(=O)O)c1ccccc1CCCCCCCCc1ccccc1. The zero-order valence-electron chi connectivity index (χ0n) is 18.2. The molecule has 0 aliphatic carbocycles. The maximum atomic E-state index is 11.3. The monoisotopic (exact) mass is 442 g/mol. The molecule has 31 heavy (non-hydrogen) atoms. The number of hydrogen-bond donors (Lipinski definition) is 2. The fraction of sp³-hybridized carbons (Fsp3) is 0.462. The van der Waals surface area contributed by atoms with E-state index in [4.69, 9.17) is 5.11 Å². The molecule has 0 saturated carbocycles. The number of rotatable bonds is 16. The molecule has 4 nitrogen and oxygen atoms in total. The first-order chi connectivity index (χ1) is 15.1. The highest BCUT2D eigenvalue weighted by Crippen LogP contribution is 2.35. The summed E-state index contributed by atoms with van der Waals surface area (Å²) >= 11 is 1.43. The van der Waals surface area contributed by atoms with E-state index >= 15 is 0 Å². The number of carbonyl (C=O) groups is 2. The Morgan fingerprint density at radius 1 is 0.742 bits per heavy atom. The number of aryl methyl sites for hydroxylation is 2. The number of carboxylic acids is 2. The van der Waals surface area contributed by atoms with Crippen molar-refractivity contribution >= 4 is 23.7 Å². The lowest BCUT2D eigenvalue weighted by molar-refractivity contribution is -0.137. The maximum Gasteiger partial charge on any atom is 0.304 e. The van der Waals surface area contributed by atoms with Gasteiger partial charge in [-0.1, -0.05) is 80.3 Å². The number of benzene rings is 2. The Labute approximate surface area is 190 Å². The Balaban J connectivity index is 1.74. The van der Waals surface area contributed by atoms with Gasteiger partial charge in [0.1, 0.15) is 0 Å². The van der Waals surface area contributed by atoms with Crippen LogP contribution in [0.3, 0.4) is 0 Å². The van der Waals surface area contributed by atoms with E-state index in [9.17, 15) is 14.7 Å². The number of carboxylic acid groups (broad SMARTS) is 2. The molecule has 2 aromatic rings. The highest BCUT2D eigenvalue weighted by atomic mass is 32.2. The van der Waals surface area contributed by atoms with Crippen LogP contribution in [-0.4, -0.2) is 27.9 Å². The summed E-state index contributed by atoms with van der Waals surface area (Å²) in [5.74, 6) is -1.28. The molecular weight excluding hydrogens is 408 g/mol. The van der Waals surface area contributed by atoms with Gasteiger partial charge in [-0.2, -0.15) is 11.8 Å². The number of hydrogen-bond acceptors (Lipinski definition) is 3. The Kier molecular flexibility index (Phi) is 11.8. The summed E-state index contributed by atoms with van der Waals surface area (Å²) in [6, 6.07) is 18.7. The Hall–Kier alpha value is -2.27. The topological polar surface area (TPSA) is 74.6 Å². The quantitative estimate of drug-likeness (QED) is 0.289. The van der Waals surface area contributed by atoms with E-state index in [1.54, 1.807) is 0 Å². The normalized spacial score (nSPS) is 11.9. The standard InChI is InChI=1S/C26H34O4S/c27-25(28)18-19-31-24(20-26(29)30)23-17-11-10-16-22(23)15-9-4-2-1-3-6-12-21-13-7-5-8-14-21/h5,7-8,10-11,13-14,16-17,24H,1-4,6,9,12,15,18-20H2,(H,27,28)(H,29,30)/t24-/m1/s1. The molecule has 2 rings (SSSR count). The highest BCUT2D eigenvalue weighted by molar-refractivity contribution is 7.99. The van der Waals surface area contributed by atoms with Gasteiger partial charge in [-0.15, -0.1) is 0 Å². The van der Waals surface area contributed by atoms with Crippen molar-refractivity contribution in [1.82, 2.24) is 0 Å². The Morgan fingerprint density at radius 3 is 2.03 bits per heavy atom. The van der Waals surface area contributed by atoms with Crippen molar-refractivity contribution in [1.29, 1.82) is 0 Å². The average Bonchev–Trinajstić information content (AvgIpc) is 2.75. The fourth-order valence-corrected chi connectivity index (χ4v) is 5.03. The zero-order chi connectivity index (χ0) is 22.3. The molecule has 0 spiro atoms. The smallest absolute Gasteiger partial charge is 0.304 e. The zero-order valence-corrected chi connectivity index (χ0v) is 19.0. The molecule has 0 radical (unpaired) electrons. The summed E-state index contributed by atoms with van der Waals surface area (Å²) in [4.78, 5) is 22.2. The lowest BCUT2D eigenvalue weighted by Gasteiger charge is -2.18. The third kappa shape index (κ3) is 10.5. The van der Waals surface area contributed by atoms with Gasteiger partial charge in [0.2, 0.25) is 0 Å². The van der Waals surface area contributed by atoms with E-state index in [1.807, 2.05) is 18.2 Å². The summed E-state index contributed by atoms with van der Waals surface area (Å²) < 4.78 is 0. The van der Waals surface area contributed by atoms with Gasteiger partial charge in [0.05, 0.1) is 12.8 Å². The van der Waals surface area contributed by atoms with Gasteiger partial charge in [-0.05, 0) is 42.4 Å². The van der Waals surface area contributed by atoms with Crippen molar-refractivity contribution in [2.75, 3.05) is 5.75 Å². The summed E-state index contributed by atoms with van der Waals surface area (Å²) in [6.45, 7) is 0. The lowest BCUT2D eigenvalue weighted by Crippen LogP contribution is -2.08. The predicted octanol–water partition coefficient (Wildman–Crippen LogP) is 6.54. The van der Waals surface area contributed by atoms with Gasteiger partial charge in [-0.3, -0.25) is 9.59 Å². The molecule has 5 heteroatoms. The van der Waals surface area contributed by atoms with E-state index in [2.05, 4.69) is 36.4 Å². The van der Waals surface area contributed by atoms with Crippen LogP contribution in [0.2, 0.25) is 0 Å². The summed E-state index contributed by atoms with van der Waals surface area (Å²) in [5, 5.41) is 18.0. The second-order valence-electron chi connectivity index (χ2n) is 7.91. The summed E-state index contributed by atoms with van der Waals surface area (Å²) in [7, 11) is 0. The van der Waals surface area contributed by atoms with Crippen LogP contribution in [0.25, 0.3) is 0 Å². The van der Waals surface area contributed by atoms with Crippen LogP contribution in [0.1, 0.15) is 73.3 Å². The van der Waals surface area contributed by atoms with Crippen molar-refractivity contribution in [3.8, 4) is 0 Å². The van der Waals surface area contributed by atoms with Crippen LogP contribution in [0, 0.1) is 0 Å². The largest absolute Gasteiger partial charge is 0.481 e. The molecule has 0 unspecified atom stereocenters. The maximum absolute atomic E-state index is 11.3. The average molecular weight is 443 g/mol. The first kappa shape index (κ1) is 25.0. The molecular formula is C26H34O4S. The molecule has 0 heterocycles. The number of thioether (sulfide) groups is 1. The Morgan fingerprint density at radius 2 is 1.35 bits per heavy atom. The van der Waals surface area contributed by atoms with Gasteiger partial charge in [0.25, 0.3) is 0 Å². The van der Waals surface area contributed by atoms with Crippen molar-refractivity contribution < 1.29 is 19.8 Å². The van der Waals surface area contributed by atoms with Crippen LogP contribution < -0.4 is 0 Å². The molecule has 0 bridgehead atoms. The van der Waals surface area contributed by atoms with Crippen molar-refractivity contribution in [3.05, 3.63) is 71.3 Å². The van der Waals surface area contributed by atoms with Gasteiger partial charge >= 0.3 is 11.9 Å². The first-order valence-electron chi connectivity index (χ1n) is 11.2. The molecule has 0 fully saturated rings. The summed E-state index contributed by atoms with van der Waals surface area (Å²) in [6.07, 6.45) is 9.39. The molecule has 0 aliphatic rings. The summed E-state index contributed by atoms with van der Waals surface area (Å²) in [5.41, 5.74) is 3.65. The minimum absolute atomic E-state index is 0.0166. The number of unbranched alkanes of at least 4 members (excludes halogenated alkanes) is 5. The van der Waals surface area contributed by atoms with Crippen LogP contribution in [-0.2, 0) is 22.4 Å². The third-order valence-electron chi connectivity index (χ3n) is 5.40. The van der Waals surface area contributed by atoms with E-state index in [0.717, 1.165) is 24.8 Å². The number of aliphatic carboxylic acids is 2. The van der Waals surface area contributed by atoms with Crippen LogP contribution in [0.5, 0.6) is 0 Å². The van der Waals surface area contributed by atoms with Crippen LogP contribution in [0.15, 0.2) is 54.6 Å². The molecule has 0 saturated heterocycles. The third-order valence-corrected chi connectivity index (χ3v) is 6.66. The van der Waals surface area contributed by atoms with Gasteiger partial charge in [0.15, 0.2) is 0 Å². The van der Waals surface area contributed by atoms with Gasteiger partial charge < -0.3 is 10.2 Å². The lowest BCUT2D eigenvalue weighted by atomic mass is 9.97. The van der Waals surface area contributed by atoms with E-state index in [-0.39, 0.29) is 18.1 Å². The van der Waals surface area contributed by atoms with Crippen molar-refractivity contribution in [3.63, 3.8) is 0 Å². The van der Waals surface area contributed by atoms with E-state index in [1.165, 1.54) is 55.0 Å². The Bertz CT molecular complexity index is 791. The molecule has 2 aromatic carbocycles. The predicted molar refractivity (Wildman–Crippen MR) is 128 cm³/mol. The van der Waals surface area contributed by atoms with Crippen LogP contribution in [0.4, 0.5) is 0 Å². The molecule has 1 atom stereocenters. The van der Waals surface area contributed by atoms with Crippen molar-refractivity contribution in [2.24, 2.45) is 0 Å². The molecule has 0 aromatic heterocycles. The van der Waals surface area contributed by atoms with Gasteiger partial charge in [-0.25, -0.2) is 0 Å². The van der Waals surface area contributed by atoms with Gasteiger partial charge in [0, 0.05) is 11.0 Å². The molecule has 2 N–H and O–H groups in total. The molecule has 168 valence electrons. The highest BCUT2D eigenvalue weighted by Gasteiger charge is 2.19. The van der Waals surface area contributed by atoms with E-state index < -0.39 is 11.9 Å². The second kappa shape index (κ2) is 14.7. The fourth-order valence-electron chi connectivity index (χ4n) is 3.78.